The summed E-state index contributed by atoms with van der Waals surface area (Å²) in [7, 11) is -6.58. The lowest BCUT2D eigenvalue weighted by molar-refractivity contribution is 0.102. The zero-order chi connectivity index (χ0) is 22.1. The van der Waals surface area contributed by atoms with Crippen LogP contribution in [-0.2, 0) is 19.9 Å². The van der Waals surface area contributed by atoms with Crippen LogP contribution < -0.4 is 5.32 Å². The van der Waals surface area contributed by atoms with Crippen LogP contribution in [0.5, 0.6) is 0 Å². The lowest BCUT2D eigenvalue weighted by Crippen LogP contribution is -2.27. The fourth-order valence-electron chi connectivity index (χ4n) is 3.80. The highest BCUT2D eigenvalue weighted by atomic mass is 32.2. The average molecular weight is 481 g/mol. The molecule has 0 radical (unpaired) electrons. The van der Waals surface area contributed by atoms with E-state index >= 15 is 0 Å². The molecule has 1 amide bonds. The van der Waals surface area contributed by atoms with Crippen molar-refractivity contribution >= 4 is 43.2 Å². The van der Waals surface area contributed by atoms with Crippen LogP contribution in [0.25, 0.3) is 0 Å². The van der Waals surface area contributed by atoms with E-state index in [-0.39, 0.29) is 27.6 Å². The second-order valence-corrected chi connectivity index (χ2v) is 13.2. The number of carbonyl (C=O) groups is 1. The van der Waals surface area contributed by atoms with Gasteiger partial charge in [0.15, 0.2) is 9.84 Å². The van der Waals surface area contributed by atoms with Gasteiger partial charge in [-0.2, -0.15) is 4.31 Å². The minimum absolute atomic E-state index is 0.0760. The van der Waals surface area contributed by atoms with Gasteiger partial charge in [-0.1, -0.05) is 18.2 Å². The molecule has 0 aliphatic carbocycles. The van der Waals surface area contributed by atoms with Crippen LogP contribution in [0.15, 0.2) is 58.3 Å². The van der Waals surface area contributed by atoms with Crippen molar-refractivity contribution in [3.05, 3.63) is 54.1 Å². The van der Waals surface area contributed by atoms with Crippen molar-refractivity contribution in [3.63, 3.8) is 0 Å². The number of hydrogen-bond donors (Lipinski definition) is 1. The maximum Gasteiger partial charge on any atom is 0.256 e. The zero-order valence-corrected chi connectivity index (χ0v) is 19.3. The SMILES string of the molecule is O=C(Nc1cccc(S(=O)(=O)N2CCCC2)c1)c1ccccc1SC1CCS(=O)(=O)C1. The highest BCUT2D eigenvalue weighted by Gasteiger charge is 2.30. The fraction of sp³-hybridized carbons (Fsp3) is 0.381. The van der Waals surface area contributed by atoms with Gasteiger partial charge in [0.1, 0.15) is 0 Å². The molecule has 10 heteroatoms. The van der Waals surface area contributed by atoms with Gasteiger partial charge in [0.05, 0.1) is 22.0 Å². The molecule has 0 aromatic heterocycles. The molecule has 166 valence electrons. The second kappa shape index (κ2) is 8.93. The highest BCUT2D eigenvalue weighted by molar-refractivity contribution is 8.02. The van der Waals surface area contributed by atoms with Crippen molar-refractivity contribution in [1.29, 1.82) is 0 Å². The molecule has 4 rings (SSSR count). The third-order valence-corrected chi connectivity index (χ3v) is 10.6. The van der Waals surface area contributed by atoms with Crippen LogP contribution in [0.3, 0.4) is 0 Å². The molecule has 0 spiro atoms. The number of amides is 1. The molecule has 2 aromatic rings. The van der Waals surface area contributed by atoms with E-state index in [1.54, 1.807) is 30.3 Å². The first-order chi connectivity index (χ1) is 14.7. The Labute approximate surface area is 187 Å². The number of thioether (sulfide) groups is 1. The Morgan fingerprint density at radius 3 is 2.52 bits per heavy atom. The molecule has 0 bridgehead atoms. The van der Waals surface area contributed by atoms with Gasteiger partial charge in [-0.05, 0) is 49.6 Å². The Bertz CT molecular complexity index is 1190. The van der Waals surface area contributed by atoms with Crippen LogP contribution >= 0.6 is 11.8 Å². The number of sulfonamides is 1. The first-order valence-electron chi connectivity index (χ1n) is 10.1. The van der Waals surface area contributed by atoms with Crippen LogP contribution in [-0.4, -0.2) is 56.9 Å². The Balaban J connectivity index is 1.52. The highest BCUT2D eigenvalue weighted by Crippen LogP contribution is 2.33. The largest absolute Gasteiger partial charge is 0.322 e. The quantitative estimate of drug-likeness (QED) is 0.682. The van der Waals surface area contributed by atoms with Crippen molar-refractivity contribution in [2.75, 3.05) is 29.9 Å². The summed E-state index contributed by atoms with van der Waals surface area (Å²) < 4.78 is 50.6. The van der Waals surface area contributed by atoms with E-state index in [2.05, 4.69) is 5.32 Å². The van der Waals surface area contributed by atoms with E-state index in [9.17, 15) is 21.6 Å². The molecule has 2 aliphatic rings. The van der Waals surface area contributed by atoms with E-state index in [4.69, 9.17) is 0 Å². The molecule has 2 heterocycles. The molecule has 7 nitrogen and oxygen atoms in total. The van der Waals surface area contributed by atoms with Crippen molar-refractivity contribution in [2.45, 2.75) is 34.3 Å². The Morgan fingerprint density at radius 2 is 1.81 bits per heavy atom. The van der Waals surface area contributed by atoms with Gasteiger partial charge in [0, 0.05) is 28.9 Å². The first-order valence-corrected chi connectivity index (χ1v) is 14.3. The van der Waals surface area contributed by atoms with Crippen molar-refractivity contribution < 1.29 is 21.6 Å². The number of nitrogens with zero attached hydrogens (tertiary/aromatic N) is 1. The van der Waals surface area contributed by atoms with Crippen molar-refractivity contribution in [3.8, 4) is 0 Å². The number of hydrogen-bond acceptors (Lipinski definition) is 6. The smallest absolute Gasteiger partial charge is 0.256 e. The third-order valence-electron chi connectivity index (χ3n) is 5.41. The molecule has 31 heavy (non-hydrogen) atoms. The van der Waals surface area contributed by atoms with Crippen molar-refractivity contribution in [2.24, 2.45) is 0 Å². The molecule has 2 saturated heterocycles. The minimum atomic E-state index is -3.58. The molecule has 1 unspecified atom stereocenters. The number of benzene rings is 2. The van der Waals surface area contributed by atoms with Gasteiger partial charge in [0.2, 0.25) is 10.0 Å². The topological polar surface area (TPSA) is 101 Å². The summed E-state index contributed by atoms with van der Waals surface area (Å²) in [6.45, 7) is 1.03. The number of carbonyl (C=O) groups excluding carboxylic acids is 1. The Kier molecular flexibility index (Phi) is 6.43. The number of anilines is 1. The predicted octanol–water partition coefficient (Wildman–Crippen LogP) is 3.00. The predicted molar refractivity (Wildman–Crippen MR) is 122 cm³/mol. The van der Waals surface area contributed by atoms with Crippen LogP contribution in [0, 0.1) is 0 Å². The monoisotopic (exact) mass is 480 g/mol. The molecule has 0 saturated carbocycles. The summed E-state index contributed by atoms with van der Waals surface area (Å²) in [5, 5.41) is 2.71. The number of rotatable bonds is 6. The molecule has 2 aliphatic heterocycles. The lowest BCUT2D eigenvalue weighted by Gasteiger charge is -2.16. The maximum atomic E-state index is 13.0. The molecule has 1 N–H and O–H groups in total. The first kappa shape index (κ1) is 22.3. The summed E-state index contributed by atoms with van der Waals surface area (Å²) in [6, 6.07) is 13.3. The van der Waals surface area contributed by atoms with E-state index in [0.717, 1.165) is 12.8 Å². The maximum absolute atomic E-state index is 13.0. The zero-order valence-electron chi connectivity index (χ0n) is 16.9. The molecular weight excluding hydrogens is 456 g/mol. The summed E-state index contributed by atoms with van der Waals surface area (Å²) in [5.41, 5.74) is 0.832. The van der Waals surface area contributed by atoms with E-state index < -0.39 is 19.9 Å². The van der Waals surface area contributed by atoms with Crippen molar-refractivity contribution in [1.82, 2.24) is 4.31 Å². The minimum Gasteiger partial charge on any atom is -0.322 e. The molecule has 2 fully saturated rings. The summed E-state index contributed by atoms with van der Waals surface area (Å²) in [5.74, 6) is -0.0684. The number of sulfone groups is 1. The Morgan fingerprint density at radius 1 is 1.06 bits per heavy atom. The summed E-state index contributed by atoms with van der Waals surface area (Å²) >= 11 is 1.40. The Hall–Kier alpha value is -1.88. The van der Waals surface area contributed by atoms with Gasteiger partial charge in [0.25, 0.3) is 5.91 Å². The van der Waals surface area contributed by atoms with Gasteiger partial charge in [-0.3, -0.25) is 4.79 Å². The lowest BCUT2D eigenvalue weighted by atomic mass is 10.2. The van der Waals surface area contributed by atoms with Gasteiger partial charge in [-0.15, -0.1) is 11.8 Å². The van der Waals surface area contributed by atoms with E-state index in [1.165, 1.54) is 28.2 Å². The van der Waals surface area contributed by atoms with E-state index in [1.807, 2.05) is 6.07 Å². The summed E-state index contributed by atoms with van der Waals surface area (Å²) in [4.78, 5) is 13.8. The standard InChI is InChI=1S/C21H24N2O5S3/c24-21(19-8-1-2-9-20(19)29-17-10-13-30(25,26)15-17)22-16-6-5-7-18(14-16)31(27,28)23-11-3-4-12-23/h1-2,5-9,14,17H,3-4,10-13,15H2,(H,22,24). The molecule has 1 atom stereocenters. The summed E-state index contributed by atoms with van der Waals surface area (Å²) in [6.07, 6.45) is 2.28. The molecular formula is C21H24N2O5S3. The third kappa shape index (κ3) is 5.14. The van der Waals surface area contributed by atoms with Crippen LogP contribution in [0.1, 0.15) is 29.6 Å². The second-order valence-electron chi connectivity index (χ2n) is 7.73. The fourth-order valence-corrected chi connectivity index (χ4v) is 8.99. The average Bonchev–Trinajstić information content (AvgIpc) is 3.39. The van der Waals surface area contributed by atoms with Gasteiger partial charge >= 0.3 is 0 Å². The van der Waals surface area contributed by atoms with E-state index in [0.29, 0.717) is 35.7 Å². The normalized spacial score (nSPS) is 21.2. The van der Waals surface area contributed by atoms with Crippen LogP contribution in [0.2, 0.25) is 0 Å². The van der Waals surface area contributed by atoms with Crippen LogP contribution in [0.4, 0.5) is 5.69 Å². The van der Waals surface area contributed by atoms with Gasteiger partial charge < -0.3 is 5.32 Å². The van der Waals surface area contributed by atoms with Gasteiger partial charge in [-0.25, -0.2) is 16.8 Å². The molecule has 2 aromatic carbocycles. The number of nitrogens with one attached hydrogen (secondary N) is 1.